The van der Waals surface area contributed by atoms with Crippen LogP contribution in [0.3, 0.4) is 0 Å². The van der Waals surface area contributed by atoms with Gasteiger partial charge in [-0.15, -0.1) is 11.3 Å². The molecule has 0 aliphatic rings. The smallest absolute Gasteiger partial charge is 0.358 e. The zero-order valence-corrected chi connectivity index (χ0v) is 11.0. The van der Waals surface area contributed by atoms with E-state index >= 15 is 0 Å². The van der Waals surface area contributed by atoms with Crippen molar-refractivity contribution in [2.45, 2.75) is 6.92 Å². The van der Waals surface area contributed by atoms with Crippen LogP contribution < -0.4 is 0 Å². The van der Waals surface area contributed by atoms with Gasteiger partial charge in [0, 0.05) is 18.7 Å². The summed E-state index contributed by atoms with van der Waals surface area (Å²) in [5.74, 6) is -1.61. The number of pyridine rings is 1. The molecule has 0 radical (unpaired) electrons. The number of carbonyl (C=O) groups excluding carboxylic acids is 2. The van der Waals surface area contributed by atoms with Crippen LogP contribution in [0.1, 0.15) is 27.1 Å². The molecule has 0 saturated heterocycles. The molecule has 98 valence electrons. The van der Waals surface area contributed by atoms with E-state index in [-0.39, 0.29) is 26.9 Å². The predicted octanol–water partition coefficient (Wildman–Crippen LogP) is 2.33. The lowest BCUT2D eigenvalue weighted by molar-refractivity contribution is 0.0591. The lowest BCUT2D eigenvalue weighted by Gasteiger charge is -1.96. The highest BCUT2D eigenvalue weighted by molar-refractivity contribution is 7.17. The molecular weight excluding hydrogens is 271 g/mol. The van der Waals surface area contributed by atoms with Crippen LogP contribution in [-0.4, -0.2) is 28.8 Å². The first kappa shape index (κ1) is 13.3. The van der Waals surface area contributed by atoms with Crippen molar-refractivity contribution in [1.82, 2.24) is 9.97 Å². The summed E-state index contributed by atoms with van der Waals surface area (Å²) in [5.41, 5.74) is 0.101. The number of ketones is 1. The van der Waals surface area contributed by atoms with E-state index in [1.165, 1.54) is 26.3 Å². The number of methoxy groups -OCH3 is 1. The highest BCUT2D eigenvalue weighted by Crippen LogP contribution is 2.30. The van der Waals surface area contributed by atoms with Crippen LogP contribution in [0.25, 0.3) is 10.6 Å². The number of nitrogens with zero attached hydrogens (tertiary/aromatic N) is 2. The molecule has 0 fully saturated rings. The average Bonchev–Trinajstić information content (AvgIpc) is 2.83. The van der Waals surface area contributed by atoms with E-state index in [4.69, 9.17) is 0 Å². The maximum absolute atomic E-state index is 13.6. The minimum atomic E-state index is -0.720. The molecule has 0 atom stereocenters. The standard InChI is InChI=1S/C12H9FN2O3S/c1-6(16)10-9(12(17)18-2)15-11(19-10)7-3-4-14-5-8(7)13/h3-5H,1-2H3. The van der Waals surface area contributed by atoms with E-state index < -0.39 is 11.8 Å². The van der Waals surface area contributed by atoms with E-state index in [1.54, 1.807) is 0 Å². The third-order valence-corrected chi connectivity index (χ3v) is 3.52. The van der Waals surface area contributed by atoms with Crippen LogP contribution >= 0.6 is 11.3 Å². The van der Waals surface area contributed by atoms with Gasteiger partial charge in [-0.2, -0.15) is 0 Å². The fourth-order valence-corrected chi connectivity index (χ4v) is 2.43. The third-order valence-electron chi connectivity index (χ3n) is 2.33. The molecule has 2 aromatic rings. The minimum absolute atomic E-state index is 0.0915. The SMILES string of the molecule is COC(=O)c1nc(-c2ccncc2F)sc1C(C)=O. The zero-order valence-electron chi connectivity index (χ0n) is 10.1. The van der Waals surface area contributed by atoms with Crippen molar-refractivity contribution >= 4 is 23.1 Å². The molecule has 5 nitrogen and oxygen atoms in total. The van der Waals surface area contributed by atoms with E-state index in [1.807, 2.05) is 0 Å². The fourth-order valence-electron chi connectivity index (χ4n) is 1.46. The Labute approximate surface area is 112 Å². The minimum Gasteiger partial charge on any atom is -0.464 e. The number of thiazole rings is 1. The molecule has 0 saturated carbocycles. The number of carbonyl (C=O) groups is 2. The van der Waals surface area contributed by atoms with Crippen molar-refractivity contribution in [2.75, 3.05) is 7.11 Å². The van der Waals surface area contributed by atoms with E-state index in [0.29, 0.717) is 0 Å². The van der Waals surface area contributed by atoms with Crippen molar-refractivity contribution in [3.8, 4) is 10.6 Å². The molecular formula is C12H9FN2O3S. The van der Waals surface area contributed by atoms with Gasteiger partial charge in [-0.1, -0.05) is 0 Å². The Bertz CT molecular complexity index is 654. The van der Waals surface area contributed by atoms with Gasteiger partial charge in [0.15, 0.2) is 17.3 Å². The van der Waals surface area contributed by atoms with Gasteiger partial charge in [-0.3, -0.25) is 9.78 Å². The van der Waals surface area contributed by atoms with Gasteiger partial charge in [-0.25, -0.2) is 14.2 Å². The summed E-state index contributed by atoms with van der Waals surface area (Å²) >= 11 is 0.949. The van der Waals surface area contributed by atoms with Gasteiger partial charge in [0.05, 0.1) is 13.3 Å². The van der Waals surface area contributed by atoms with E-state index in [2.05, 4.69) is 14.7 Å². The monoisotopic (exact) mass is 280 g/mol. The van der Waals surface area contributed by atoms with Gasteiger partial charge < -0.3 is 4.74 Å². The summed E-state index contributed by atoms with van der Waals surface area (Å²) in [5, 5.41) is 0.241. The molecule has 2 heterocycles. The Morgan fingerprint density at radius 2 is 2.16 bits per heavy atom. The van der Waals surface area contributed by atoms with Crippen LogP contribution in [0.5, 0.6) is 0 Å². The Kier molecular flexibility index (Phi) is 3.66. The molecule has 0 aliphatic heterocycles. The molecule has 2 aromatic heterocycles. The second-order valence-electron chi connectivity index (χ2n) is 3.60. The second-order valence-corrected chi connectivity index (χ2v) is 4.60. The van der Waals surface area contributed by atoms with E-state index in [9.17, 15) is 14.0 Å². The normalized spacial score (nSPS) is 10.3. The largest absolute Gasteiger partial charge is 0.464 e. The lowest BCUT2D eigenvalue weighted by Crippen LogP contribution is -2.06. The Morgan fingerprint density at radius 3 is 2.74 bits per heavy atom. The van der Waals surface area contributed by atoms with Crippen molar-refractivity contribution in [3.63, 3.8) is 0 Å². The lowest BCUT2D eigenvalue weighted by atomic mass is 10.2. The Morgan fingerprint density at radius 1 is 1.42 bits per heavy atom. The predicted molar refractivity (Wildman–Crippen MR) is 66.6 cm³/mol. The molecule has 0 spiro atoms. The number of halogens is 1. The number of esters is 1. The average molecular weight is 280 g/mol. The highest BCUT2D eigenvalue weighted by atomic mass is 32.1. The molecule has 19 heavy (non-hydrogen) atoms. The van der Waals surface area contributed by atoms with Gasteiger partial charge in [-0.05, 0) is 6.07 Å². The molecule has 0 bridgehead atoms. The van der Waals surface area contributed by atoms with Crippen LogP contribution in [0.15, 0.2) is 18.5 Å². The van der Waals surface area contributed by atoms with Crippen molar-refractivity contribution in [2.24, 2.45) is 0 Å². The number of hydrogen-bond donors (Lipinski definition) is 0. The first-order valence-corrected chi connectivity index (χ1v) is 6.06. The summed E-state index contributed by atoms with van der Waals surface area (Å²) in [6, 6.07) is 1.43. The summed E-state index contributed by atoms with van der Waals surface area (Å²) in [6.07, 6.45) is 2.45. The number of rotatable bonds is 3. The van der Waals surface area contributed by atoms with Crippen molar-refractivity contribution < 1.29 is 18.7 Å². The summed E-state index contributed by atoms with van der Waals surface area (Å²) in [7, 11) is 1.19. The number of hydrogen-bond acceptors (Lipinski definition) is 6. The molecule has 0 amide bonds. The molecule has 2 rings (SSSR count). The van der Waals surface area contributed by atoms with E-state index in [0.717, 1.165) is 17.5 Å². The molecule has 0 aromatic carbocycles. The molecule has 0 unspecified atom stereocenters. The van der Waals surface area contributed by atoms with Crippen LogP contribution in [0.4, 0.5) is 4.39 Å². The summed E-state index contributed by atoms with van der Waals surface area (Å²) < 4.78 is 18.2. The topological polar surface area (TPSA) is 69.2 Å². The van der Waals surface area contributed by atoms with Crippen molar-refractivity contribution in [1.29, 1.82) is 0 Å². The molecule has 0 aliphatic carbocycles. The Balaban J connectivity index is 2.58. The molecule has 7 heteroatoms. The van der Waals surface area contributed by atoms with Crippen molar-refractivity contribution in [3.05, 3.63) is 34.8 Å². The first-order valence-electron chi connectivity index (χ1n) is 5.24. The van der Waals surface area contributed by atoms with Crippen LogP contribution in [0, 0.1) is 5.82 Å². The molecule has 0 N–H and O–H groups in total. The zero-order chi connectivity index (χ0) is 14.0. The third kappa shape index (κ3) is 2.50. The number of aromatic nitrogens is 2. The quantitative estimate of drug-likeness (QED) is 0.637. The first-order chi connectivity index (χ1) is 9.04. The van der Waals surface area contributed by atoms with Gasteiger partial charge in [0.1, 0.15) is 9.88 Å². The van der Waals surface area contributed by atoms with Gasteiger partial charge in [0.25, 0.3) is 0 Å². The van der Waals surface area contributed by atoms with Crippen LogP contribution in [0.2, 0.25) is 0 Å². The number of ether oxygens (including phenoxy) is 1. The summed E-state index contributed by atoms with van der Waals surface area (Å²) in [6.45, 7) is 1.31. The van der Waals surface area contributed by atoms with Gasteiger partial charge >= 0.3 is 5.97 Å². The number of Topliss-reactive ketones (excluding diaryl/α,β-unsaturated/α-hetero) is 1. The van der Waals surface area contributed by atoms with Gasteiger partial charge in [0.2, 0.25) is 0 Å². The maximum atomic E-state index is 13.6. The fraction of sp³-hybridized carbons (Fsp3) is 0.167. The van der Waals surface area contributed by atoms with Crippen LogP contribution in [-0.2, 0) is 4.74 Å². The maximum Gasteiger partial charge on any atom is 0.358 e. The second kappa shape index (κ2) is 5.23. The Hall–Kier alpha value is -2.15. The highest BCUT2D eigenvalue weighted by Gasteiger charge is 2.23. The summed E-state index contributed by atoms with van der Waals surface area (Å²) in [4.78, 5) is 30.8.